The van der Waals surface area contributed by atoms with Crippen molar-refractivity contribution < 1.29 is 18.0 Å². The molecule has 1 amide bonds. The van der Waals surface area contributed by atoms with Crippen LogP contribution in [-0.4, -0.2) is 30.0 Å². The minimum absolute atomic E-state index is 0.0679. The molecular weight excluding hydrogens is 355 g/mol. The van der Waals surface area contributed by atoms with Gasteiger partial charge in [-0.1, -0.05) is 17.7 Å². The van der Waals surface area contributed by atoms with Crippen molar-refractivity contribution in [2.75, 3.05) is 18.0 Å². The zero-order valence-electron chi connectivity index (χ0n) is 15.5. The van der Waals surface area contributed by atoms with E-state index < -0.39 is 11.7 Å². The Morgan fingerprint density at radius 1 is 1.19 bits per heavy atom. The molecule has 1 aromatic heterocycles. The van der Waals surface area contributed by atoms with Gasteiger partial charge in [0.15, 0.2) is 0 Å². The number of benzene rings is 1. The van der Waals surface area contributed by atoms with Gasteiger partial charge in [0.05, 0.1) is 5.56 Å². The third-order valence-corrected chi connectivity index (χ3v) is 4.83. The molecule has 1 atom stereocenters. The van der Waals surface area contributed by atoms with E-state index in [2.05, 4.69) is 10.3 Å². The van der Waals surface area contributed by atoms with Crippen LogP contribution in [0.4, 0.5) is 19.0 Å². The predicted molar refractivity (Wildman–Crippen MR) is 98.0 cm³/mol. The molecular formula is C20H22F3N3O. The molecule has 1 N–H and O–H groups in total. The first-order chi connectivity index (χ1) is 12.6. The number of anilines is 1. The predicted octanol–water partition coefficient (Wildman–Crippen LogP) is 4.03. The lowest BCUT2D eigenvalue weighted by Gasteiger charge is -2.19. The highest BCUT2D eigenvalue weighted by molar-refractivity contribution is 5.97. The van der Waals surface area contributed by atoms with E-state index in [9.17, 15) is 18.0 Å². The van der Waals surface area contributed by atoms with Crippen molar-refractivity contribution in [2.45, 2.75) is 39.4 Å². The molecule has 7 heteroatoms. The molecule has 0 aliphatic carbocycles. The second-order valence-electron chi connectivity index (χ2n) is 7.08. The number of carbonyl (C=O) groups is 1. The molecule has 1 saturated heterocycles. The van der Waals surface area contributed by atoms with Gasteiger partial charge in [-0.2, -0.15) is 13.2 Å². The first-order valence-corrected chi connectivity index (χ1v) is 8.82. The molecule has 27 heavy (non-hydrogen) atoms. The highest BCUT2D eigenvalue weighted by Crippen LogP contribution is 2.30. The number of hydrogen-bond donors (Lipinski definition) is 1. The van der Waals surface area contributed by atoms with E-state index in [0.717, 1.165) is 35.4 Å². The van der Waals surface area contributed by atoms with Crippen LogP contribution in [0, 0.1) is 20.8 Å². The fraction of sp³-hybridized carbons (Fsp3) is 0.400. The molecule has 1 aliphatic rings. The third kappa shape index (κ3) is 4.23. The molecule has 0 spiro atoms. The van der Waals surface area contributed by atoms with E-state index in [1.165, 1.54) is 6.07 Å². The molecule has 1 aliphatic heterocycles. The number of halogens is 3. The summed E-state index contributed by atoms with van der Waals surface area (Å²) < 4.78 is 38.0. The lowest BCUT2D eigenvalue weighted by atomic mass is 9.99. The maximum Gasteiger partial charge on any atom is 0.417 e. The normalized spacial score (nSPS) is 17.3. The Labute approximate surface area is 156 Å². The van der Waals surface area contributed by atoms with Crippen LogP contribution in [0.1, 0.15) is 39.0 Å². The minimum atomic E-state index is -4.39. The van der Waals surface area contributed by atoms with Crippen LogP contribution in [-0.2, 0) is 6.18 Å². The van der Waals surface area contributed by atoms with Crippen LogP contribution < -0.4 is 10.2 Å². The summed E-state index contributed by atoms with van der Waals surface area (Å²) in [5.74, 6) is 0.375. The summed E-state index contributed by atoms with van der Waals surface area (Å²) in [5.41, 5.74) is 2.91. The number of nitrogens with one attached hydrogen (secondary N) is 1. The van der Waals surface area contributed by atoms with Crippen molar-refractivity contribution in [2.24, 2.45) is 0 Å². The van der Waals surface area contributed by atoms with Crippen LogP contribution in [0.3, 0.4) is 0 Å². The van der Waals surface area contributed by atoms with Crippen molar-refractivity contribution in [3.8, 4) is 0 Å². The van der Waals surface area contributed by atoms with E-state index >= 15 is 0 Å². The molecule has 4 nitrogen and oxygen atoms in total. The number of carbonyl (C=O) groups excluding carboxylic acids is 1. The molecule has 0 bridgehead atoms. The van der Waals surface area contributed by atoms with Crippen LogP contribution in [0.2, 0.25) is 0 Å². The van der Waals surface area contributed by atoms with Crippen LogP contribution in [0.15, 0.2) is 30.5 Å². The van der Waals surface area contributed by atoms with Gasteiger partial charge in [0.25, 0.3) is 5.91 Å². The van der Waals surface area contributed by atoms with Crippen molar-refractivity contribution in [1.82, 2.24) is 10.3 Å². The van der Waals surface area contributed by atoms with Gasteiger partial charge in [0.1, 0.15) is 5.82 Å². The second-order valence-corrected chi connectivity index (χ2v) is 7.08. The van der Waals surface area contributed by atoms with E-state index in [4.69, 9.17) is 0 Å². The lowest BCUT2D eigenvalue weighted by Crippen LogP contribution is -2.37. The molecule has 3 rings (SSSR count). The summed E-state index contributed by atoms with van der Waals surface area (Å²) in [4.78, 5) is 18.5. The Balaban J connectivity index is 1.66. The van der Waals surface area contributed by atoms with E-state index in [0.29, 0.717) is 24.5 Å². The summed E-state index contributed by atoms with van der Waals surface area (Å²) in [6.07, 6.45) is -2.82. The first kappa shape index (κ1) is 19.2. The molecule has 0 radical (unpaired) electrons. The van der Waals surface area contributed by atoms with Crippen LogP contribution in [0.25, 0.3) is 0 Å². The summed E-state index contributed by atoms with van der Waals surface area (Å²) in [6, 6.07) is 6.31. The van der Waals surface area contributed by atoms with Crippen molar-refractivity contribution in [3.05, 3.63) is 58.3 Å². The van der Waals surface area contributed by atoms with Gasteiger partial charge in [-0.3, -0.25) is 4.79 Å². The number of alkyl halides is 3. The molecule has 144 valence electrons. The first-order valence-electron chi connectivity index (χ1n) is 8.82. The van der Waals surface area contributed by atoms with Gasteiger partial charge >= 0.3 is 6.18 Å². The lowest BCUT2D eigenvalue weighted by molar-refractivity contribution is -0.137. The summed E-state index contributed by atoms with van der Waals surface area (Å²) in [6.45, 7) is 6.99. The number of hydrogen-bond acceptors (Lipinski definition) is 3. The highest BCUT2D eigenvalue weighted by atomic mass is 19.4. The number of nitrogens with zero attached hydrogens (tertiary/aromatic N) is 2. The number of rotatable bonds is 3. The summed E-state index contributed by atoms with van der Waals surface area (Å²) in [5, 5.41) is 3.04. The van der Waals surface area contributed by atoms with Gasteiger partial charge in [-0.15, -0.1) is 0 Å². The van der Waals surface area contributed by atoms with E-state index in [1.54, 1.807) is 0 Å². The van der Waals surface area contributed by atoms with Gasteiger partial charge in [-0.25, -0.2) is 4.98 Å². The minimum Gasteiger partial charge on any atom is -0.354 e. The number of pyridine rings is 1. The Hall–Kier alpha value is -2.57. The number of amides is 1. The van der Waals surface area contributed by atoms with Crippen molar-refractivity contribution >= 4 is 11.7 Å². The standard InChI is InChI=1S/C20H22F3N3O/c1-12-8-13(2)18(14(3)9-12)19(27)25-16-6-7-26(11-16)17-5-4-15(10-24-17)20(21,22)23/h4-5,8-10,16H,6-7,11H2,1-3H3,(H,25,27). The zero-order valence-corrected chi connectivity index (χ0v) is 15.5. The van der Waals surface area contributed by atoms with E-state index in [-0.39, 0.29) is 11.9 Å². The largest absolute Gasteiger partial charge is 0.417 e. The van der Waals surface area contributed by atoms with Crippen LogP contribution >= 0.6 is 0 Å². The zero-order chi connectivity index (χ0) is 19.8. The monoisotopic (exact) mass is 377 g/mol. The second kappa shape index (κ2) is 7.21. The smallest absolute Gasteiger partial charge is 0.354 e. The molecule has 1 aromatic carbocycles. The van der Waals surface area contributed by atoms with E-state index in [1.807, 2.05) is 37.8 Å². The Morgan fingerprint density at radius 2 is 1.85 bits per heavy atom. The van der Waals surface area contributed by atoms with Crippen molar-refractivity contribution in [3.63, 3.8) is 0 Å². The highest BCUT2D eigenvalue weighted by Gasteiger charge is 2.31. The Bertz CT molecular complexity index is 824. The quantitative estimate of drug-likeness (QED) is 0.878. The average Bonchev–Trinajstić information content (AvgIpc) is 3.01. The van der Waals surface area contributed by atoms with Gasteiger partial charge in [-0.05, 0) is 50.5 Å². The number of aryl methyl sites for hydroxylation is 3. The maximum atomic E-state index is 12.7. The maximum absolute atomic E-state index is 12.7. The average molecular weight is 377 g/mol. The fourth-order valence-electron chi connectivity index (χ4n) is 3.62. The molecule has 1 fully saturated rings. The molecule has 2 aromatic rings. The summed E-state index contributed by atoms with van der Waals surface area (Å²) in [7, 11) is 0. The molecule has 0 saturated carbocycles. The van der Waals surface area contributed by atoms with Gasteiger partial charge in [0, 0.05) is 30.9 Å². The Kier molecular flexibility index (Phi) is 5.13. The fourth-order valence-corrected chi connectivity index (χ4v) is 3.62. The summed E-state index contributed by atoms with van der Waals surface area (Å²) >= 11 is 0. The van der Waals surface area contributed by atoms with Gasteiger partial charge in [0.2, 0.25) is 0 Å². The SMILES string of the molecule is Cc1cc(C)c(C(=O)NC2CCN(c3ccc(C(F)(F)F)cn3)C2)c(C)c1. The topological polar surface area (TPSA) is 45.2 Å². The number of aromatic nitrogens is 1. The molecule has 2 heterocycles. The van der Waals surface area contributed by atoms with Gasteiger partial charge < -0.3 is 10.2 Å². The van der Waals surface area contributed by atoms with Crippen molar-refractivity contribution in [1.29, 1.82) is 0 Å². The Morgan fingerprint density at radius 3 is 2.41 bits per heavy atom. The van der Waals surface area contributed by atoms with Crippen LogP contribution in [0.5, 0.6) is 0 Å². The third-order valence-electron chi connectivity index (χ3n) is 4.83. The molecule has 1 unspecified atom stereocenters.